The van der Waals surface area contributed by atoms with E-state index in [4.69, 9.17) is 5.11 Å². The molecule has 0 aromatic rings. The maximum absolute atomic E-state index is 11.3. The molecule has 0 aromatic heterocycles. The van der Waals surface area contributed by atoms with Crippen LogP contribution in [0.15, 0.2) is 0 Å². The Morgan fingerprint density at radius 3 is 2.47 bits per heavy atom. The fraction of sp³-hybridized carbons (Fsp3) is 0.750. The van der Waals surface area contributed by atoms with Gasteiger partial charge in [0.1, 0.15) is 0 Å². The lowest BCUT2D eigenvalue weighted by Crippen LogP contribution is -2.45. The van der Waals surface area contributed by atoms with Crippen LogP contribution in [0.2, 0.25) is 0 Å². The SMILES string of the molecule is CC(=O)NNC(=O)CNCC1CCCCC1C(=O)O. The first-order chi connectivity index (χ1) is 9.00. The smallest absolute Gasteiger partial charge is 0.306 e. The van der Waals surface area contributed by atoms with Gasteiger partial charge in [-0.2, -0.15) is 0 Å². The molecule has 2 atom stereocenters. The van der Waals surface area contributed by atoms with Gasteiger partial charge in [-0.05, 0) is 25.3 Å². The van der Waals surface area contributed by atoms with Gasteiger partial charge in [-0.3, -0.25) is 25.2 Å². The summed E-state index contributed by atoms with van der Waals surface area (Å²) in [5.41, 5.74) is 4.42. The number of hydrogen-bond donors (Lipinski definition) is 4. The maximum atomic E-state index is 11.3. The second-order valence-corrected chi connectivity index (χ2v) is 4.85. The molecule has 0 bridgehead atoms. The van der Waals surface area contributed by atoms with Gasteiger partial charge >= 0.3 is 5.97 Å². The van der Waals surface area contributed by atoms with E-state index in [0.717, 1.165) is 19.3 Å². The van der Waals surface area contributed by atoms with Crippen molar-refractivity contribution in [3.63, 3.8) is 0 Å². The topological polar surface area (TPSA) is 108 Å². The van der Waals surface area contributed by atoms with Gasteiger partial charge in [-0.25, -0.2) is 0 Å². The Morgan fingerprint density at radius 2 is 1.84 bits per heavy atom. The Morgan fingerprint density at radius 1 is 1.16 bits per heavy atom. The zero-order valence-electron chi connectivity index (χ0n) is 11.1. The number of hydrazine groups is 1. The molecule has 0 saturated heterocycles. The minimum absolute atomic E-state index is 0.0586. The number of carbonyl (C=O) groups is 3. The van der Waals surface area contributed by atoms with E-state index < -0.39 is 5.97 Å². The van der Waals surface area contributed by atoms with Crippen LogP contribution in [0.4, 0.5) is 0 Å². The average molecular weight is 271 g/mol. The van der Waals surface area contributed by atoms with Crippen molar-refractivity contribution in [2.75, 3.05) is 13.1 Å². The molecule has 1 aliphatic rings. The van der Waals surface area contributed by atoms with Crippen molar-refractivity contribution in [1.29, 1.82) is 0 Å². The van der Waals surface area contributed by atoms with E-state index in [2.05, 4.69) is 16.2 Å². The van der Waals surface area contributed by atoms with Gasteiger partial charge in [-0.1, -0.05) is 12.8 Å². The fourth-order valence-corrected chi connectivity index (χ4v) is 2.35. The Bertz CT molecular complexity index is 346. The van der Waals surface area contributed by atoms with Crippen molar-refractivity contribution >= 4 is 17.8 Å². The van der Waals surface area contributed by atoms with E-state index in [-0.39, 0.29) is 30.2 Å². The summed E-state index contributed by atoms with van der Waals surface area (Å²) >= 11 is 0. The predicted octanol–water partition coefficient (Wildman–Crippen LogP) is -0.366. The first-order valence-electron chi connectivity index (χ1n) is 6.49. The number of nitrogens with one attached hydrogen (secondary N) is 3. The van der Waals surface area contributed by atoms with Crippen LogP contribution in [0.25, 0.3) is 0 Å². The zero-order chi connectivity index (χ0) is 14.3. The number of rotatable bonds is 5. The molecule has 1 fully saturated rings. The number of hydrogen-bond acceptors (Lipinski definition) is 4. The van der Waals surface area contributed by atoms with Gasteiger partial charge in [0.25, 0.3) is 5.91 Å². The summed E-state index contributed by atoms with van der Waals surface area (Å²) in [5, 5.41) is 12.0. The van der Waals surface area contributed by atoms with E-state index in [9.17, 15) is 14.4 Å². The van der Waals surface area contributed by atoms with E-state index in [1.165, 1.54) is 6.92 Å². The molecule has 4 N–H and O–H groups in total. The number of carboxylic acid groups (broad SMARTS) is 1. The molecule has 1 saturated carbocycles. The molecule has 108 valence electrons. The monoisotopic (exact) mass is 271 g/mol. The first-order valence-corrected chi connectivity index (χ1v) is 6.49. The molecule has 2 unspecified atom stereocenters. The summed E-state index contributed by atoms with van der Waals surface area (Å²) in [6, 6.07) is 0. The minimum atomic E-state index is -0.755. The van der Waals surface area contributed by atoms with Gasteiger partial charge in [0.15, 0.2) is 0 Å². The molecule has 1 aliphatic carbocycles. The first kappa shape index (κ1) is 15.4. The number of carboxylic acids is 1. The summed E-state index contributed by atoms with van der Waals surface area (Å²) in [4.78, 5) is 33.0. The molecule has 0 aliphatic heterocycles. The van der Waals surface area contributed by atoms with E-state index in [1.54, 1.807) is 0 Å². The quantitative estimate of drug-likeness (QED) is 0.510. The number of carbonyl (C=O) groups excluding carboxylic acids is 2. The van der Waals surface area contributed by atoms with Gasteiger partial charge in [0, 0.05) is 6.92 Å². The molecule has 19 heavy (non-hydrogen) atoms. The van der Waals surface area contributed by atoms with Gasteiger partial charge < -0.3 is 10.4 Å². The third-order valence-electron chi connectivity index (χ3n) is 3.30. The van der Waals surface area contributed by atoms with Gasteiger partial charge in [-0.15, -0.1) is 0 Å². The van der Waals surface area contributed by atoms with Crippen molar-refractivity contribution in [2.45, 2.75) is 32.6 Å². The second-order valence-electron chi connectivity index (χ2n) is 4.85. The highest BCUT2D eigenvalue weighted by Gasteiger charge is 2.30. The maximum Gasteiger partial charge on any atom is 0.306 e. The Labute approximate surface area is 112 Å². The normalized spacial score (nSPS) is 22.6. The van der Waals surface area contributed by atoms with Gasteiger partial charge in [0.05, 0.1) is 12.5 Å². The lowest BCUT2D eigenvalue weighted by molar-refractivity contribution is -0.144. The van der Waals surface area contributed by atoms with E-state index >= 15 is 0 Å². The number of amides is 2. The Balaban J connectivity index is 2.25. The van der Waals surface area contributed by atoms with Crippen molar-refractivity contribution < 1.29 is 19.5 Å². The average Bonchev–Trinajstić information content (AvgIpc) is 2.36. The van der Waals surface area contributed by atoms with Crippen LogP contribution in [-0.2, 0) is 14.4 Å². The van der Waals surface area contributed by atoms with Crippen LogP contribution in [0, 0.1) is 11.8 Å². The molecule has 0 heterocycles. The van der Waals surface area contributed by atoms with Crippen molar-refractivity contribution in [3.8, 4) is 0 Å². The molecule has 0 radical (unpaired) electrons. The molecular weight excluding hydrogens is 250 g/mol. The van der Waals surface area contributed by atoms with Crippen molar-refractivity contribution in [3.05, 3.63) is 0 Å². The zero-order valence-corrected chi connectivity index (χ0v) is 11.1. The Kier molecular flexibility index (Phi) is 6.27. The van der Waals surface area contributed by atoms with Crippen molar-refractivity contribution in [1.82, 2.24) is 16.2 Å². The second kappa shape index (κ2) is 7.73. The Hall–Kier alpha value is -1.63. The van der Waals surface area contributed by atoms with E-state index in [0.29, 0.717) is 13.0 Å². The molecule has 0 spiro atoms. The summed E-state index contributed by atoms with van der Waals surface area (Å²) in [6.07, 6.45) is 3.57. The highest BCUT2D eigenvalue weighted by atomic mass is 16.4. The molecule has 2 amide bonds. The standard InChI is InChI=1S/C12H21N3O4/c1-8(16)14-15-11(17)7-13-6-9-4-2-3-5-10(9)12(18)19/h9-10,13H,2-7H2,1H3,(H,14,16)(H,15,17)(H,18,19). The molecule has 0 aromatic carbocycles. The highest BCUT2D eigenvalue weighted by Crippen LogP contribution is 2.29. The van der Waals surface area contributed by atoms with Crippen LogP contribution >= 0.6 is 0 Å². The highest BCUT2D eigenvalue weighted by molar-refractivity contribution is 5.81. The summed E-state index contributed by atoms with van der Waals surface area (Å²) in [5.74, 6) is -1.70. The number of aliphatic carboxylic acids is 1. The largest absolute Gasteiger partial charge is 0.481 e. The van der Waals surface area contributed by atoms with Crippen LogP contribution in [0.1, 0.15) is 32.6 Å². The summed E-state index contributed by atoms with van der Waals surface area (Å²) in [6.45, 7) is 1.86. The van der Waals surface area contributed by atoms with Gasteiger partial charge in [0.2, 0.25) is 5.91 Å². The third kappa shape index (κ3) is 5.69. The van der Waals surface area contributed by atoms with Crippen LogP contribution in [0.3, 0.4) is 0 Å². The molecule has 7 nitrogen and oxygen atoms in total. The van der Waals surface area contributed by atoms with Crippen molar-refractivity contribution in [2.24, 2.45) is 11.8 Å². The molecule has 7 heteroatoms. The molecular formula is C12H21N3O4. The van der Waals surface area contributed by atoms with Crippen LogP contribution in [0.5, 0.6) is 0 Å². The predicted molar refractivity (Wildman–Crippen MR) is 67.9 cm³/mol. The van der Waals surface area contributed by atoms with E-state index in [1.807, 2.05) is 0 Å². The van der Waals surface area contributed by atoms with Crippen LogP contribution in [-0.4, -0.2) is 36.0 Å². The minimum Gasteiger partial charge on any atom is -0.481 e. The lowest BCUT2D eigenvalue weighted by atomic mass is 9.79. The fourth-order valence-electron chi connectivity index (χ4n) is 2.35. The summed E-state index contributed by atoms with van der Waals surface area (Å²) < 4.78 is 0. The summed E-state index contributed by atoms with van der Waals surface area (Å²) in [7, 11) is 0. The lowest BCUT2D eigenvalue weighted by Gasteiger charge is -2.28. The molecule has 1 rings (SSSR count). The van der Waals surface area contributed by atoms with Crippen LogP contribution < -0.4 is 16.2 Å². The third-order valence-corrected chi connectivity index (χ3v) is 3.30.